The predicted octanol–water partition coefficient (Wildman–Crippen LogP) is 8.00. The fourth-order valence-corrected chi connectivity index (χ4v) is 9.43. The van der Waals surface area contributed by atoms with E-state index in [1.54, 1.807) is 42.5 Å². The number of isothiocyanates is 3. The Labute approximate surface area is 328 Å². The second-order valence-corrected chi connectivity index (χ2v) is 16.0. The molecule has 0 saturated carbocycles. The molecule has 1 aliphatic carbocycles. The van der Waals surface area contributed by atoms with Crippen LogP contribution in [0.3, 0.4) is 0 Å². The quantitative estimate of drug-likeness (QED) is 0.0490. The van der Waals surface area contributed by atoms with Crippen LogP contribution in [0.4, 0.5) is 11.4 Å². The molecule has 0 bridgehead atoms. The second-order valence-electron chi connectivity index (χ2n) is 11.9. The lowest BCUT2D eigenvalue weighted by atomic mass is 9.87. The summed E-state index contributed by atoms with van der Waals surface area (Å²) in [5.41, 5.74) is 3.05. The fourth-order valence-electron chi connectivity index (χ4n) is 6.15. The van der Waals surface area contributed by atoms with Gasteiger partial charge in [0.25, 0.3) is 20.2 Å². The van der Waals surface area contributed by atoms with Crippen LogP contribution in [0.5, 0.6) is 0 Å². The Kier molecular flexibility index (Phi) is 13.8. The van der Waals surface area contributed by atoms with Crippen LogP contribution in [0, 0.1) is 12.8 Å². The van der Waals surface area contributed by atoms with Gasteiger partial charge in [0.15, 0.2) is 5.66 Å². The summed E-state index contributed by atoms with van der Waals surface area (Å²) in [6.07, 6.45) is 4.11. The third-order valence-electron chi connectivity index (χ3n) is 8.84. The highest BCUT2D eigenvalue weighted by Gasteiger charge is 2.64. The average Bonchev–Trinajstić information content (AvgIpc) is 3.12. The van der Waals surface area contributed by atoms with Crippen molar-refractivity contribution >= 4 is 101 Å². The highest BCUT2D eigenvalue weighted by atomic mass is 32.3. The van der Waals surface area contributed by atoms with E-state index in [4.69, 9.17) is 4.42 Å². The molecule has 0 amide bonds. The van der Waals surface area contributed by atoms with Gasteiger partial charge in [0, 0.05) is 42.6 Å². The minimum atomic E-state index is -5.39. The van der Waals surface area contributed by atoms with E-state index < -0.39 is 42.3 Å². The Morgan fingerprint density at radius 2 is 1.52 bits per heavy atom. The maximum atomic E-state index is 12.7. The number of aliphatic imine (C=N–C) groups is 3. The van der Waals surface area contributed by atoms with E-state index in [1.165, 1.54) is 18.2 Å². The summed E-state index contributed by atoms with van der Waals surface area (Å²) in [5, 5.41) is 7.24. The molecule has 0 fully saturated rings. The van der Waals surface area contributed by atoms with Crippen LogP contribution in [0.1, 0.15) is 31.4 Å². The van der Waals surface area contributed by atoms with Gasteiger partial charge < -0.3 is 9.32 Å². The van der Waals surface area contributed by atoms with Crippen molar-refractivity contribution in [3.63, 3.8) is 0 Å². The summed E-state index contributed by atoms with van der Waals surface area (Å²) in [6, 6.07) is 22.0. The van der Waals surface area contributed by atoms with E-state index in [0.717, 1.165) is 41.4 Å². The first-order valence-corrected chi connectivity index (χ1v) is 20.3. The summed E-state index contributed by atoms with van der Waals surface area (Å²) in [4.78, 5) is 26.2. The number of allylic oxidation sites excluding steroid dienone is 2. The SMILES string of the molecule is CCN(CC)c1ccc2c(C)c(-c3ccc(N=C=S)cc3)c(=O)oc2c1.O=S(=O)(O)C1(S(=O)(=O)O)CC(N=C=S)(N=C=S)C=CC1C=Cc1ccccc1. The molecule has 3 aromatic carbocycles. The normalized spacial score (nSPS) is 17.7. The number of benzene rings is 3. The van der Waals surface area contributed by atoms with Crippen molar-refractivity contribution in [2.45, 2.75) is 36.9 Å². The van der Waals surface area contributed by atoms with E-state index in [0.29, 0.717) is 22.4 Å². The lowest BCUT2D eigenvalue weighted by Gasteiger charge is -2.39. The number of nitrogens with zero attached hydrogens (tertiary/aromatic N) is 4. The number of anilines is 1. The lowest BCUT2D eigenvalue weighted by Crippen LogP contribution is -2.56. The summed E-state index contributed by atoms with van der Waals surface area (Å²) in [5.74, 6) is -1.47. The molecule has 0 radical (unpaired) electrons. The van der Waals surface area contributed by atoms with Crippen molar-refractivity contribution in [2.24, 2.45) is 20.9 Å². The van der Waals surface area contributed by atoms with Crippen molar-refractivity contribution in [1.82, 2.24) is 0 Å². The maximum absolute atomic E-state index is 12.7. The van der Waals surface area contributed by atoms with Crippen molar-refractivity contribution in [3.05, 3.63) is 113 Å². The minimum absolute atomic E-state index is 0.335. The van der Waals surface area contributed by atoms with E-state index >= 15 is 0 Å². The molecule has 2 N–H and O–H groups in total. The highest BCUT2D eigenvalue weighted by molar-refractivity contribution is 8.05. The fraction of sp³-hybridized carbons (Fsp3) is 0.243. The first-order chi connectivity index (χ1) is 25.6. The number of aryl methyl sites for hydroxylation is 1. The average molecular weight is 823 g/mol. The van der Waals surface area contributed by atoms with Gasteiger partial charge in [0.05, 0.1) is 26.7 Å². The van der Waals surface area contributed by atoms with Crippen LogP contribution in [-0.2, 0) is 20.2 Å². The molecule has 1 aliphatic rings. The molecular weight excluding hydrogens is 789 g/mol. The summed E-state index contributed by atoms with van der Waals surface area (Å²) < 4.78 is 71.2. The van der Waals surface area contributed by atoms with Crippen LogP contribution in [-0.4, -0.2) is 64.3 Å². The zero-order valence-electron chi connectivity index (χ0n) is 29.1. The molecule has 0 aliphatic heterocycles. The van der Waals surface area contributed by atoms with Crippen LogP contribution in [0.2, 0.25) is 0 Å². The number of thiocarbonyl (C=S) groups is 3. The van der Waals surface area contributed by atoms with Gasteiger partial charge >= 0.3 is 5.63 Å². The van der Waals surface area contributed by atoms with Gasteiger partial charge in [0.1, 0.15) is 5.58 Å². The van der Waals surface area contributed by atoms with Gasteiger partial charge in [-0.3, -0.25) is 9.11 Å². The van der Waals surface area contributed by atoms with Crippen molar-refractivity contribution in [3.8, 4) is 11.1 Å². The molecule has 0 spiro atoms. The van der Waals surface area contributed by atoms with Crippen molar-refractivity contribution in [2.75, 3.05) is 18.0 Å². The predicted molar refractivity (Wildman–Crippen MR) is 222 cm³/mol. The van der Waals surface area contributed by atoms with Crippen LogP contribution in [0.25, 0.3) is 28.2 Å². The van der Waals surface area contributed by atoms with Gasteiger partial charge in [-0.15, -0.1) is 0 Å². The van der Waals surface area contributed by atoms with E-state index in [2.05, 4.69) is 81.6 Å². The van der Waals surface area contributed by atoms with Gasteiger partial charge in [-0.1, -0.05) is 60.7 Å². The Bertz CT molecular complexity index is 2460. The van der Waals surface area contributed by atoms with E-state index in [-0.39, 0.29) is 5.63 Å². The van der Waals surface area contributed by atoms with Crippen LogP contribution < -0.4 is 10.5 Å². The Morgan fingerprint density at radius 1 is 0.907 bits per heavy atom. The lowest BCUT2D eigenvalue weighted by molar-refractivity contribution is 0.346. The van der Waals surface area contributed by atoms with E-state index in [1.807, 2.05) is 41.5 Å². The number of hydrogen-bond donors (Lipinski definition) is 2. The smallest absolute Gasteiger partial charge is 0.344 e. The van der Waals surface area contributed by atoms with Gasteiger partial charge in [0.2, 0.25) is 4.08 Å². The first-order valence-electron chi connectivity index (χ1n) is 16.2. The molecule has 17 heteroatoms. The number of fused-ring (bicyclic) bond motifs is 1. The third kappa shape index (κ3) is 9.00. The molecule has 12 nitrogen and oxygen atoms in total. The Morgan fingerprint density at radius 3 is 2.06 bits per heavy atom. The molecule has 1 unspecified atom stereocenters. The summed E-state index contributed by atoms with van der Waals surface area (Å²) in [7, 11) is -10.8. The van der Waals surface area contributed by atoms with Gasteiger partial charge in [-0.25, -0.2) is 4.79 Å². The number of rotatable bonds is 11. The minimum Gasteiger partial charge on any atom is -0.422 e. The molecule has 1 aromatic heterocycles. The van der Waals surface area contributed by atoms with Crippen LogP contribution >= 0.6 is 36.7 Å². The maximum Gasteiger partial charge on any atom is 0.344 e. The third-order valence-corrected chi connectivity index (χ3v) is 13.0. The Balaban J connectivity index is 0.000000241. The van der Waals surface area contributed by atoms with Crippen LogP contribution in [0.15, 0.2) is 115 Å². The molecule has 280 valence electrons. The van der Waals surface area contributed by atoms with Crippen molar-refractivity contribution in [1.29, 1.82) is 0 Å². The largest absolute Gasteiger partial charge is 0.422 e. The topological polar surface area (TPSA) is 179 Å². The van der Waals surface area contributed by atoms with E-state index in [9.17, 15) is 30.7 Å². The molecule has 5 rings (SSSR count). The molecule has 4 aromatic rings. The summed E-state index contributed by atoms with van der Waals surface area (Å²) >= 11 is 13.6. The Hall–Kier alpha value is -4.63. The molecule has 1 atom stereocenters. The van der Waals surface area contributed by atoms with Crippen molar-refractivity contribution < 1.29 is 30.4 Å². The monoisotopic (exact) mass is 822 g/mol. The first kappa shape index (κ1) is 42.1. The zero-order chi connectivity index (χ0) is 39.7. The zero-order valence-corrected chi connectivity index (χ0v) is 33.2. The molecule has 54 heavy (non-hydrogen) atoms. The molecular formula is C37H34N4O8S5. The highest BCUT2D eigenvalue weighted by Crippen LogP contribution is 2.46. The number of hydrogen-bond acceptors (Lipinski definition) is 13. The van der Waals surface area contributed by atoms with Gasteiger partial charge in [-0.2, -0.15) is 31.8 Å². The second kappa shape index (κ2) is 17.7. The van der Waals surface area contributed by atoms with Gasteiger partial charge in [-0.05, 0) is 104 Å². The molecule has 0 saturated heterocycles. The summed E-state index contributed by atoms with van der Waals surface area (Å²) in [6.45, 7) is 7.97. The standard InChI is InChI=1S/C21H20N2O2S.C16H14N2O6S4/c1-4-23(5-2)17-10-11-18-14(3)20(21(24)25-19(18)12-17)15-6-8-16(9-7-15)22-13-26;19-27(20,21)16(28(22,23)24)10-15(17-11-25,18-12-26)9-8-14(16)7-6-13-4-2-1-3-5-13/h6-12H,4-5H2,1-3H3;1-9,14H,10H2,(H,19,20,21)(H,22,23,24). The molecule has 1 heterocycles.